The highest BCUT2D eigenvalue weighted by Gasteiger charge is 2.38. The molecule has 0 unspecified atom stereocenters. The third-order valence-corrected chi connectivity index (χ3v) is 2.51. The van der Waals surface area contributed by atoms with Gasteiger partial charge >= 0.3 is 12.0 Å². The maximum Gasteiger partial charge on any atom is 0.493 e. The minimum Gasteiger partial charge on any atom is -0.360 e. The first-order valence-corrected chi connectivity index (χ1v) is 4.27. The molecule has 1 aliphatic rings. The maximum atomic E-state index is 12.2. The van der Waals surface area contributed by atoms with E-state index in [-0.39, 0.29) is 15.4 Å². The van der Waals surface area contributed by atoms with Crippen molar-refractivity contribution in [3.63, 3.8) is 0 Å². The number of hydrogen-bond acceptors (Lipinski definition) is 3. The number of anilines is 1. The van der Waals surface area contributed by atoms with Crippen molar-refractivity contribution < 1.29 is 13.2 Å². The SMILES string of the molecule is O=c1[nH]c2c(n1C(F)(F)F)SCN2. The van der Waals surface area contributed by atoms with E-state index in [0.29, 0.717) is 5.88 Å². The summed E-state index contributed by atoms with van der Waals surface area (Å²) in [7, 11) is 0. The van der Waals surface area contributed by atoms with Crippen LogP contribution in [-0.4, -0.2) is 15.4 Å². The summed E-state index contributed by atoms with van der Waals surface area (Å²) in [5, 5.41) is 2.52. The molecule has 2 rings (SSSR count). The molecule has 1 aliphatic heterocycles. The Labute approximate surface area is 74.1 Å². The summed E-state index contributed by atoms with van der Waals surface area (Å²) in [6.07, 6.45) is -4.65. The fourth-order valence-electron chi connectivity index (χ4n) is 1.08. The van der Waals surface area contributed by atoms with Crippen molar-refractivity contribution in [2.24, 2.45) is 0 Å². The van der Waals surface area contributed by atoms with Crippen LogP contribution in [0.25, 0.3) is 0 Å². The Morgan fingerprint density at radius 1 is 1.46 bits per heavy atom. The summed E-state index contributed by atoms with van der Waals surface area (Å²) >= 11 is 0.943. The van der Waals surface area contributed by atoms with E-state index in [1.807, 2.05) is 0 Å². The van der Waals surface area contributed by atoms with E-state index in [9.17, 15) is 18.0 Å². The first kappa shape index (κ1) is 8.54. The van der Waals surface area contributed by atoms with Gasteiger partial charge in [0.1, 0.15) is 10.8 Å². The van der Waals surface area contributed by atoms with Gasteiger partial charge in [-0.25, -0.2) is 4.79 Å². The summed E-state index contributed by atoms with van der Waals surface area (Å²) in [6.45, 7) is 0. The maximum absolute atomic E-state index is 12.2. The first-order valence-electron chi connectivity index (χ1n) is 3.29. The van der Waals surface area contributed by atoms with Gasteiger partial charge in [-0.2, -0.15) is 4.57 Å². The van der Waals surface area contributed by atoms with Crippen molar-refractivity contribution in [1.29, 1.82) is 0 Å². The lowest BCUT2D eigenvalue weighted by Crippen LogP contribution is -2.29. The number of nitrogens with one attached hydrogen (secondary N) is 2. The third kappa shape index (κ3) is 1.21. The fourth-order valence-corrected chi connectivity index (χ4v) is 2.02. The molecule has 0 saturated heterocycles. The van der Waals surface area contributed by atoms with E-state index in [0.717, 1.165) is 11.8 Å². The largest absolute Gasteiger partial charge is 0.493 e. The zero-order valence-corrected chi connectivity index (χ0v) is 6.92. The minimum atomic E-state index is -4.65. The molecule has 0 amide bonds. The van der Waals surface area contributed by atoms with E-state index in [2.05, 4.69) is 10.3 Å². The standard InChI is InChI=1S/C5H4F3N3OS/c6-5(7,8)11-3-2(9-1-13-3)10-4(11)12/h9H,1H2,(H,10,12). The highest BCUT2D eigenvalue weighted by Crippen LogP contribution is 2.35. The topological polar surface area (TPSA) is 49.8 Å². The van der Waals surface area contributed by atoms with Crippen LogP contribution < -0.4 is 11.0 Å². The number of alkyl halides is 3. The van der Waals surface area contributed by atoms with Gasteiger partial charge in [0.2, 0.25) is 0 Å². The number of H-pyrrole nitrogens is 1. The number of thioether (sulfide) groups is 1. The Hall–Kier alpha value is -1.05. The quantitative estimate of drug-likeness (QED) is 0.676. The molecule has 1 aromatic rings. The summed E-state index contributed by atoms with van der Waals surface area (Å²) in [4.78, 5) is 12.9. The van der Waals surface area contributed by atoms with Gasteiger partial charge in [0.25, 0.3) is 0 Å². The zero-order valence-electron chi connectivity index (χ0n) is 6.10. The number of rotatable bonds is 0. The molecule has 4 nitrogen and oxygen atoms in total. The first-order chi connectivity index (χ1) is 6.00. The Kier molecular flexibility index (Phi) is 1.62. The smallest absolute Gasteiger partial charge is 0.360 e. The minimum absolute atomic E-state index is 0.0995. The van der Waals surface area contributed by atoms with Crippen molar-refractivity contribution in [3.8, 4) is 0 Å². The van der Waals surface area contributed by atoms with Gasteiger partial charge in [-0.3, -0.25) is 4.98 Å². The van der Waals surface area contributed by atoms with Crippen LogP contribution in [0.15, 0.2) is 9.82 Å². The second-order valence-electron chi connectivity index (χ2n) is 2.38. The lowest BCUT2D eigenvalue weighted by molar-refractivity contribution is -0.211. The van der Waals surface area contributed by atoms with Crippen LogP contribution in [0.5, 0.6) is 0 Å². The van der Waals surface area contributed by atoms with Crippen molar-refractivity contribution in [2.45, 2.75) is 11.3 Å². The van der Waals surface area contributed by atoms with E-state index in [4.69, 9.17) is 0 Å². The normalized spacial score (nSPS) is 15.6. The number of aromatic amines is 1. The van der Waals surface area contributed by atoms with Gasteiger partial charge in [-0.15, -0.1) is 13.2 Å². The van der Waals surface area contributed by atoms with E-state index < -0.39 is 12.0 Å². The molecule has 0 saturated carbocycles. The molecular formula is C5H4F3N3OS. The predicted octanol–water partition coefficient (Wildman–Crippen LogP) is 1.13. The number of aromatic nitrogens is 2. The molecule has 8 heteroatoms. The highest BCUT2D eigenvalue weighted by molar-refractivity contribution is 7.99. The fraction of sp³-hybridized carbons (Fsp3) is 0.400. The zero-order chi connectivity index (χ0) is 9.64. The van der Waals surface area contributed by atoms with Gasteiger partial charge in [0.05, 0.1) is 5.88 Å². The Morgan fingerprint density at radius 2 is 2.15 bits per heavy atom. The van der Waals surface area contributed by atoms with Gasteiger partial charge in [0.15, 0.2) is 0 Å². The highest BCUT2D eigenvalue weighted by atomic mass is 32.2. The van der Waals surface area contributed by atoms with Crippen LogP contribution in [-0.2, 0) is 6.30 Å². The summed E-state index contributed by atoms with van der Waals surface area (Å²) in [6, 6.07) is 0. The van der Waals surface area contributed by atoms with Crippen LogP contribution in [0, 0.1) is 0 Å². The molecule has 1 aromatic heterocycles. The number of nitrogens with zero attached hydrogens (tertiary/aromatic N) is 1. The molecule has 0 fully saturated rings. The van der Waals surface area contributed by atoms with E-state index in [1.54, 1.807) is 0 Å². The number of imidazole rings is 1. The Bertz CT molecular complexity index is 393. The van der Waals surface area contributed by atoms with Gasteiger partial charge in [-0.05, 0) is 0 Å². The van der Waals surface area contributed by atoms with Crippen LogP contribution in [0.1, 0.15) is 0 Å². The molecule has 2 N–H and O–H groups in total. The molecule has 13 heavy (non-hydrogen) atoms. The Morgan fingerprint density at radius 3 is 2.77 bits per heavy atom. The molecule has 2 heterocycles. The average Bonchev–Trinajstić information content (AvgIpc) is 2.41. The van der Waals surface area contributed by atoms with Crippen molar-refractivity contribution in [1.82, 2.24) is 9.55 Å². The van der Waals surface area contributed by atoms with Gasteiger partial charge in [-0.1, -0.05) is 11.8 Å². The molecule has 0 atom stereocenters. The second kappa shape index (κ2) is 2.47. The molecule has 0 aromatic carbocycles. The lowest BCUT2D eigenvalue weighted by atomic mass is 10.7. The second-order valence-corrected chi connectivity index (χ2v) is 3.34. The van der Waals surface area contributed by atoms with E-state index >= 15 is 0 Å². The third-order valence-electron chi connectivity index (χ3n) is 1.56. The molecule has 0 radical (unpaired) electrons. The molecular weight excluding hydrogens is 207 g/mol. The monoisotopic (exact) mass is 211 g/mol. The number of fused-ring (bicyclic) bond motifs is 1. The number of halogens is 3. The average molecular weight is 211 g/mol. The van der Waals surface area contributed by atoms with Gasteiger partial charge in [0, 0.05) is 0 Å². The van der Waals surface area contributed by atoms with E-state index in [1.165, 1.54) is 0 Å². The molecule has 0 aliphatic carbocycles. The van der Waals surface area contributed by atoms with Crippen LogP contribution in [0.2, 0.25) is 0 Å². The summed E-state index contributed by atoms with van der Waals surface area (Å²) < 4.78 is 36.5. The van der Waals surface area contributed by atoms with Crippen LogP contribution >= 0.6 is 11.8 Å². The van der Waals surface area contributed by atoms with Crippen molar-refractivity contribution in [3.05, 3.63) is 10.5 Å². The lowest BCUT2D eigenvalue weighted by Gasteiger charge is -2.06. The van der Waals surface area contributed by atoms with Crippen LogP contribution in [0.4, 0.5) is 19.0 Å². The van der Waals surface area contributed by atoms with Crippen molar-refractivity contribution >= 4 is 17.6 Å². The summed E-state index contributed by atoms with van der Waals surface area (Å²) in [5.41, 5.74) is -1.16. The molecule has 0 spiro atoms. The summed E-state index contributed by atoms with van der Waals surface area (Å²) in [5.74, 6) is 0.490. The van der Waals surface area contributed by atoms with Crippen LogP contribution in [0.3, 0.4) is 0 Å². The Balaban J connectivity index is 2.63. The molecule has 72 valence electrons. The molecule has 0 bridgehead atoms. The van der Waals surface area contributed by atoms with Gasteiger partial charge < -0.3 is 5.32 Å². The van der Waals surface area contributed by atoms with Crippen molar-refractivity contribution in [2.75, 3.05) is 11.2 Å². The number of hydrogen-bond donors (Lipinski definition) is 2. The predicted molar refractivity (Wildman–Crippen MR) is 40.7 cm³/mol.